The summed E-state index contributed by atoms with van der Waals surface area (Å²) < 4.78 is 7.01. The fourth-order valence-corrected chi connectivity index (χ4v) is 2.06. The molecule has 0 aliphatic heterocycles. The van der Waals surface area contributed by atoms with Gasteiger partial charge in [-0.3, -0.25) is 0 Å². The normalized spacial score (nSPS) is 11.1. The van der Waals surface area contributed by atoms with Gasteiger partial charge in [-0.05, 0) is 24.6 Å². The number of rotatable bonds is 6. The SMILES string of the molecule is COc1cc(-n2nncc2CNCC(C)C)ccc1Cl. The van der Waals surface area contributed by atoms with Crippen molar-refractivity contribution in [1.82, 2.24) is 20.3 Å². The van der Waals surface area contributed by atoms with E-state index in [2.05, 4.69) is 29.5 Å². The van der Waals surface area contributed by atoms with Gasteiger partial charge in [0.15, 0.2) is 0 Å². The minimum atomic E-state index is 0.579. The van der Waals surface area contributed by atoms with Gasteiger partial charge in [-0.25, -0.2) is 4.68 Å². The van der Waals surface area contributed by atoms with Gasteiger partial charge in [0.25, 0.3) is 0 Å². The number of hydrogen-bond donors (Lipinski definition) is 1. The molecule has 0 aliphatic rings. The van der Waals surface area contributed by atoms with Crippen LogP contribution in [-0.4, -0.2) is 28.6 Å². The van der Waals surface area contributed by atoms with Gasteiger partial charge in [0.2, 0.25) is 0 Å². The molecule has 0 bridgehead atoms. The maximum absolute atomic E-state index is 6.03. The molecule has 0 fully saturated rings. The maximum Gasteiger partial charge on any atom is 0.139 e. The highest BCUT2D eigenvalue weighted by molar-refractivity contribution is 6.32. The number of nitrogens with zero attached hydrogens (tertiary/aromatic N) is 3. The first-order chi connectivity index (χ1) is 9.61. The molecule has 108 valence electrons. The largest absolute Gasteiger partial charge is 0.495 e. The third-order valence-electron chi connectivity index (χ3n) is 2.86. The Kier molecular flexibility index (Phi) is 4.98. The highest BCUT2D eigenvalue weighted by atomic mass is 35.5. The Bertz CT molecular complexity index is 568. The number of nitrogens with one attached hydrogen (secondary N) is 1. The van der Waals surface area contributed by atoms with E-state index in [-0.39, 0.29) is 0 Å². The monoisotopic (exact) mass is 294 g/mol. The number of halogens is 1. The molecule has 0 unspecified atom stereocenters. The third-order valence-corrected chi connectivity index (χ3v) is 3.17. The molecule has 1 heterocycles. The lowest BCUT2D eigenvalue weighted by Gasteiger charge is -2.10. The Balaban J connectivity index is 2.19. The van der Waals surface area contributed by atoms with Gasteiger partial charge in [-0.1, -0.05) is 30.7 Å². The zero-order valence-corrected chi connectivity index (χ0v) is 12.7. The second-order valence-electron chi connectivity index (χ2n) is 4.98. The van der Waals surface area contributed by atoms with Crippen LogP contribution in [0.2, 0.25) is 5.02 Å². The van der Waals surface area contributed by atoms with E-state index < -0.39 is 0 Å². The van der Waals surface area contributed by atoms with Gasteiger partial charge in [0.05, 0.1) is 29.7 Å². The molecule has 1 aromatic heterocycles. The van der Waals surface area contributed by atoms with Crippen LogP contribution < -0.4 is 10.1 Å². The van der Waals surface area contributed by atoms with Crippen molar-refractivity contribution in [3.05, 3.63) is 35.1 Å². The zero-order chi connectivity index (χ0) is 14.5. The topological polar surface area (TPSA) is 52.0 Å². The molecule has 1 N–H and O–H groups in total. The first-order valence-electron chi connectivity index (χ1n) is 6.56. The van der Waals surface area contributed by atoms with E-state index in [1.165, 1.54) is 0 Å². The molecule has 0 aliphatic carbocycles. The van der Waals surface area contributed by atoms with Crippen LogP contribution in [0.5, 0.6) is 5.75 Å². The average molecular weight is 295 g/mol. The summed E-state index contributed by atoms with van der Waals surface area (Å²) in [6, 6.07) is 5.54. The van der Waals surface area contributed by atoms with Crippen LogP contribution >= 0.6 is 11.6 Å². The molecule has 2 rings (SSSR count). The molecule has 20 heavy (non-hydrogen) atoms. The summed E-state index contributed by atoms with van der Waals surface area (Å²) >= 11 is 6.03. The van der Waals surface area contributed by atoms with Crippen molar-refractivity contribution >= 4 is 11.6 Å². The lowest BCUT2D eigenvalue weighted by atomic mass is 10.2. The van der Waals surface area contributed by atoms with Crippen LogP contribution in [0, 0.1) is 5.92 Å². The van der Waals surface area contributed by atoms with Gasteiger partial charge in [0, 0.05) is 12.6 Å². The predicted molar refractivity (Wildman–Crippen MR) is 79.5 cm³/mol. The third kappa shape index (κ3) is 3.49. The summed E-state index contributed by atoms with van der Waals surface area (Å²) in [5, 5.41) is 12.0. The minimum absolute atomic E-state index is 0.579. The maximum atomic E-state index is 6.03. The lowest BCUT2D eigenvalue weighted by molar-refractivity contribution is 0.414. The summed E-state index contributed by atoms with van der Waals surface area (Å²) in [5.74, 6) is 1.23. The van der Waals surface area contributed by atoms with E-state index in [1.54, 1.807) is 24.1 Å². The summed E-state index contributed by atoms with van der Waals surface area (Å²) in [6.07, 6.45) is 1.76. The molecule has 0 saturated heterocycles. The van der Waals surface area contributed by atoms with Crippen LogP contribution in [0.1, 0.15) is 19.5 Å². The van der Waals surface area contributed by atoms with Gasteiger partial charge >= 0.3 is 0 Å². The molecule has 5 nitrogen and oxygen atoms in total. The summed E-state index contributed by atoms with van der Waals surface area (Å²) in [6.45, 7) is 6.02. The van der Waals surface area contributed by atoms with Crippen molar-refractivity contribution in [2.75, 3.05) is 13.7 Å². The molecule has 6 heteroatoms. The lowest BCUT2D eigenvalue weighted by Crippen LogP contribution is -2.20. The molecule has 0 atom stereocenters. The molecule has 0 spiro atoms. The molecule has 2 aromatic rings. The Morgan fingerprint density at radius 3 is 2.90 bits per heavy atom. The van der Waals surface area contributed by atoms with Crippen molar-refractivity contribution in [2.45, 2.75) is 20.4 Å². The van der Waals surface area contributed by atoms with Crippen molar-refractivity contribution < 1.29 is 4.74 Å². The molecule has 0 radical (unpaired) electrons. The summed E-state index contributed by atoms with van der Waals surface area (Å²) in [5.41, 5.74) is 1.88. The van der Waals surface area contributed by atoms with E-state index in [0.29, 0.717) is 16.7 Å². The molecule has 0 amide bonds. The van der Waals surface area contributed by atoms with E-state index in [1.807, 2.05) is 12.1 Å². The van der Waals surface area contributed by atoms with Crippen molar-refractivity contribution in [3.63, 3.8) is 0 Å². The molecular formula is C14H19ClN4O. The first-order valence-corrected chi connectivity index (χ1v) is 6.94. The minimum Gasteiger partial charge on any atom is -0.495 e. The summed E-state index contributed by atoms with van der Waals surface area (Å²) in [4.78, 5) is 0. The van der Waals surface area contributed by atoms with Crippen molar-refractivity contribution in [3.8, 4) is 11.4 Å². The van der Waals surface area contributed by atoms with Crippen LogP contribution in [-0.2, 0) is 6.54 Å². The smallest absolute Gasteiger partial charge is 0.139 e. The van der Waals surface area contributed by atoms with Crippen LogP contribution in [0.4, 0.5) is 0 Å². The quantitative estimate of drug-likeness (QED) is 0.890. The predicted octanol–water partition coefficient (Wildman–Crippen LogP) is 2.67. The first kappa shape index (κ1) is 14.8. The Labute approximate surface area is 123 Å². The molecule has 0 saturated carbocycles. The fraction of sp³-hybridized carbons (Fsp3) is 0.429. The Morgan fingerprint density at radius 2 is 2.20 bits per heavy atom. The average Bonchev–Trinajstić information content (AvgIpc) is 2.87. The van der Waals surface area contributed by atoms with Crippen LogP contribution in [0.25, 0.3) is 5.69 Å². The number of benzene rings is 1. The number of aromatic nitrogens is 3. The Hall–Kier alpha value is -1.59. The van der Waals surface area contributed by atoms with Crippen molar-refractivity contribution in [1.29, 1.82) is 0 Å². The zero-order valence-electron chi connectivity index (χ0n) is 11.9. The highest BCUT2D eigenvalue weighted by Gasteiger charge is 2.09. The number of ether oxygens (including phenoxy) is 1. The summed E-state index contributed by atoms with van der Waals surface area (Å²) in [7, 11) is 1.59. The van der Waals surface area contributed by atoms with Crippen molar-refractivity contribution in [2.24, 2.45) is 5.92 Å². The van der Waals surface area contributed by atoms with Gasteiger partial charge in [0.1, 0.15) is 5.75 Å². The second kappa shape index (κ2) is 6.72. The highest BCUT2D eigenvalue weighted by Crippen LogP contribution is 2.26. The van der Waals surface area contributed by atoms with Gasteiger partial charge < -0.3 is 10.1 Å². The number of hydrogen-bond acceptors (Lipinski definition) is 4. The van der Waals surface area contributed by atoms with E-state index in [0.717, 1.165) is 24.5 Å². The van der Waals surface area contributed by atoms with Crippen LogP contribution in [0.15, 0.2) is 24.4 Å². The van der Waals surface area contributed by atoms with Gasteiger partial charge in [-0.15, -0.1) is 5.10 Å². The Morgan fingerprint density at radius 1 is 1.40 bits per heavy atom. The van der Waals surface area contributed by atoms with E-state index in [4.69, 9.17) is 16.3 Å². The molecule has 1 aromatic carbocycles. The fourth-order valence-electron chi connectivity index (χ4n) is 1.86. The van der Waals surface area contributed by atoms with Crippen LogP contribution in [0.3, 0.4) is 0 Å². The number of methoxy groups -OCH3 is 1. The molecular weight excluding hydrogens is 276 g/mol. The second-order valence-corrected chi connectivity index (χ2v) is 5.39. The van der Waals surface area contributed by atoms with E-state index >= 15 is 0 Å². The standard InChI is InChI=1S/C14H19ClN4O/c1-10(2)7-16-8-12-9-17-18-19(12)11-4-5-13(15)14(6-11)20-3/h4-6,9-10,16H,7-8H2,1-3H3. The van der Waals surface area contributed by atoms with Gasteiger partial charge in [-0.2, -0.15) is 0 Å². The van der Waals surface area contributed by atoms with E-state index in [9.17, 15) is 0 Å².